The van der Waals surface area contributed by atoms with E-state index in [1.165, 1.54) is 5.56 Å². The van der Waals surface area contributed by atoms with Gasteiger partial charge in [0.25, 0.3) is 0 Å². The van der Waals surface area contributed by atoms with Crippen LogP contribution in [0.15, 0.2) is 46.9 Å². The van der Waals surface area contributed by atoms with Crippen molar-refractivity contribution < 1.29 is 9.53 Å². The molecule has 0 N–H and O–H groups in total. The molecule has 0 aliphatic carbocycles. The standard InChI is InChI=1S/C16H15BrO2/c1-11-3-5-12(6-4-11)9-16(18)14-10-13(19-2)7-8-15(14)17/h3-8,10H,9H2,1-2H3. The monoisotopic (exact) mass is 318 g/mol. The molecule has 0 heterocycles. The lowest BCUT2D eigenvalue weighted by Crippen LogP contribution is -2.05. The Kier molecular flexibility index (Phi) is 4.38. The van der Waals surface area contributed by atoms with Crippen LogP contribution in [0.3, 0.4) is 0 Å². The van der Waals surface area contributed by atoms with Crippen molar-refractivity contribution in [3.8, 4) is 5.75 Å². The molecule has 3 heteroatoms. The first-order valence-electron chi connectivity index (χ1n) is 6.02. The smallest absolute Gasteiger partial charge is 0.168 e. The zero-order chi connectivity index (χ0) is 13.8. The Bertz CT molecular complexity index is 588. The summed E-state index contributed by atoms with van der Waals surface area (Å²) in [6.45, 7) is 2.03. The minimum absolute atomic E-state index is 0.0784. The van der Waals surface area contributed by atoms with E-state index in [-0.39, 0.29) is 5.78 Å². The number of methoxy groups -OCH3 is 1. The predicted octanol–water partition coefficient (Wildman–Crippen LogP) is 4.19. The molecule has 0 atom stereocenters. The minimum atomic E-state index is 0.0784. The molecule has 98 valence electrons. The molecule has 0 saturated carbocycles. The third-order valence-electron chi connectivity index (χ3n) is 2.96. The summed E-state index contributed by atoms with van der Waals surface area (Å²) in [5.74, 6) is 0.769. The normalized spacial score (nSPS) is 10.3. The van der Waals surface area contributed by atoms with Crippen LogP contribution in [0.4, 0.5) is 0 Å². The number of rotatable bonds is 4. The van der Waals surface area contributed by atoms with Crippen LogP contribution >= 0.6 is 15.9 Å². The van der Waals surface area contributed by atoms with Gasteiger partial charge in [0, 0.05) is 16.5 Å². The van der Waals surface area contributed by atoms with Crippen molar-refractivity contribution in [2.45, 2.75) is 13.3 Å². The summed E-state index contributed by atoms with van der Waals surface area (Å²) in [6, 6.07) is 13.4. The van der Waals surface area contributed by atoms with Gasteiger partial charge in [-0.1, -0.05) is 45.8 Å². The van der Waals surface area contributed by atoms with Gasteiger partial charge in [-0.05, 0) is 30.7 Å². The van der Waals surface area contributed by atoms with Gasteiger partial charge in [-0.2, -0.15) is 0 Å². The quantitative estimate of drug-likeness (QED) is 0.790. The van der Waals surface area contributed by atoms with Gasteiger partial charge >= 0.3 is 0 Å². The topological polar surface area (TPSA) is 26.3 Å². The summed E-state index contributed by atoms with van der Waals surface area (Å²) >= 11 is 3.41. The van der Waals surface area contributed by atoms with Crippen LogP contribution in [0.1, 0.15) is 21.5 Å². The molecule has 0 aromatic heterocycles. The van der Waals surface area contributed by atoms with Crippen molar-refractivity contribution >= 4 is 21.7 Å². The highest BCUT2D eigenvalue weighted by Gasteiger charge is 2.12. The van der Waals surface area contributed by atoms with E-state index in [0.29, 0.717) is 17.7 Å². The molecule has 0 aliphatic heterocycles. The van der Waals surface area contributed by atoms with Gasteiger partial charge in [0.1, 0.15) is 5.75 Å². The van der Waals surface area contributed by atoms with E-state index in [1.807, 2.05) is 43.3 Å². The average molecular weight is 319 g/mol. The molecule has 0 unspecified atom stereocenters. The maximum Gasteiger partial charge on any atom is 0.168 e. The Morgan fingerprint density at radius 3 is 2.47 bits per heavy atom. The lowest BCUT2D eigenvalue weighted by Gasteiger charge is -2.07. The molecule has 2 aromatic rings. The summed E-state index contributed by atoms with van der Waals surface area (Å²) in [7, 11) is 1.59. The molecule has 2 rings (SSSR count). The van der Waals surface area contributed by atoms with Crippen LogP contribution < -0.4 is 4.74 Å². The maximum atomic E-state index is 12.3. The third kappa shape index (κ3) is 3.44. The zero-order valence-corrected chi connectivity index (χ0v) is 12.5. The van der Waals surface area contributed by atoms with Gasteiger partial charge in [-0.25, -0.2) is 0 Å². The molecule has 0 aliphatic rings. The second kappa shape index (κ2) is 6.02. The number of aryl methyl sites for hydroxylation is 1. The molecule has 0 fully saturated rings. The first kappa shape index (κ1) is 13.8. The van der Waals surface area contributed by atoms with E-state index in [4.69, 9.17) is 4.74 Å². The van der Waals surface area contributed by atoms with Crippen molar-refractivity contribution in [1.82, 2.24) is 0 Å². The molecule has 0 spiro atoms. The van der Waals surface area contributed by atoms with Crippen molar-refractivity contribution in [3.63, 3.8) is 0 Å². The van der Waals surface area contributed by atoms with E-state index in [2.05, 4.69) is 15.9 Å². The Labute approximate surface area is 121 Å². The van der Waals surface area contributed by atoms with Gasteiger partial charge in [0.05, 0.1) is 7.11 Å². The molecule has 19 heavy (non-hydrogen) atoms. The van der Waals surface area contributed by atoms with E-state index in [1.54, 1.807) is 13.2 Å². The van der Waals surface area contributed by atoms with Crippen LogP contribution in [0.5, 0.6) is 5.75 Å². The molecule has 0 saturated heterocycles. The van der Waals surface area contributed by atoms with Crippen molar-refractivity contribution in [3.05, 3.63) is 63.6 Å². The maximum absolute atomic E-state index is 12.3. The largest absolute Gasteiger partial charge is 0.497 e. The summed E-state index contributed by atoms with van der Waals surface area (Å²) in [5, 5.41) is 0. The van der Waals surface area contributed by atoms with Crippen molar-refractivity contribution in [1.29, 1.82) is 0 Å². The third-order valence-corrected chi connectivity index (χ3v) is 3.65. The Morgan fingerprint density at radius 1 is 1.16 bits per heavy atom. The lowest BCUT2D eigenvalue weighted by molar-refractivity contribution is 0.0992. The van der Waals surface area contributed by atoms with Crippen LogP contribution in [0.25, 0.3) is 0 Å². The second-order valence-electron chi connectivity index (χ2n) is 4.43. The van der Waals surface area contributed by atoms with Gasteiger partial charge < -0.3 is 4.74 Å². The number of ketones is 1. The first-order valence-corrected chi connectivity index (χ1v) is 6.81. The highest BCUT2D eigenvalue weighted by Crippen LogP contribution is 2.24. The summed E-state index contributed by atoms with van der Waals surface area (Å²) in [4.78, 5) is 12.3. The number of Topliss-reactive ketones (excluding diaryl/α,β-unsaturated/α-hetero) is 1. The number of carbonyl (C=O) groups excluding carboxylic acids is 1. The van der Waals surface area contributed by atoms with Gasteiger partial charge in [-0.15, -0.1) is 0 Å². The number of carbonyl (C=O) groups is 1. The fraction of sp³-hybridized carbons (Fsp3) is 0.188. The number of hydrogen-bond acceptors (Lipinski definition) is 2. The van der Waals surface area contributed by atoms with Gasteiger partial charge in [0.15, 0.2) is 5.78 Å². The number of halogens is 1. The predicted molar refractivity (Wildman–Crippen MR) is 79.9 cm³/mol. The highest BCUT2D eigenvalue weighted by atomic mass is 79.9. The van der Waals surface area contributed by atoms with Crippen molar-refractivity contribution in [2.24, 2.45) is 0 Å². The average Bonchev–Trinajstić information content (AvgIpc) is 2.42. The molecule has 2 aromatic carbocycles. The number of benzene rings is 2. The fourth-order valence-electron chi connectivity index (χ4n) is 1.83. The Morgan fingerprint density at radius 2 is 1.84 bits per heavy atom. The van der Waals surface area contributed by atoms with E-state index in [9.17, 15) is 4.79 Å². The molecular weight excluding hydrogens is 304 g/mol. The fourth-order valence-corrected chi connectivity index (χ4v) is 2.30. The zero-order valence-electron chi connectivity index (χ0n) is 10.9. The minimum Gasteiger partial charge on any atom is -0.497 e. The van der Waals surface area contributed by atoms with Crippen molar-refractivity contribution in [2.75, 3.05) is 7.11 Å². The number of ether oxygens (including phenoxy) is 1. The van der Waals surface area contributed by atoms with Gasteiger partial charge in [-0.3, -0.25) is 4.79 Å². The van der Waals surface area contributed by atoms with Crippen LogP contribution in [0, 0.1) is 6.92 Å². The second-order valence-corrected chi connectivity index (χ2v) is 5.29. The Hall–Kier alpha value is -1.61. The molecule has 0 radical (unpaired) electrons. The summed E-state index contributed by atoms with van der Waals surface area (Å²) in [6.07, 6.45) is 0.395. The van der Waals surface area contributed by atoms with Gasteiger partial charge in [0.2, 0.25) is 0 Å². The van der Waals surface area contributed by atoms with E-state index in [0.717, 1.165) is 10.0 Å². The number of hydrogen-bond donors (Lipinski definition) is 0. The van der Waals surface area contributed by atoms with Crippen LogP contribution in [-0.2, 0) is 6.42 Å². The first-order chi connectivity index (χ1) is 9.10. The lowest BCUT2D eigenvalue weighted by atomic mass is 10.0. The van der Waals surface area contributed by atoms with E-state index >= 15 is 0 Å². The Balaban J connectivity index is 2.22. The van der Waals surface area contributed by atoms with Crippen LogP contribution in [0.2, 0.25) is 0 Å². The molecule has 0 amide bonds. The SMILES string of the molecule is COc1ccc(Br)c(C(=O)Cc2ccc(C)cc2)c1. The molecule has 0 bridgehead atoms. The molecule has 2 nitrogen and oxygen atoms in total. The summed E-state index contributed by atoms with van der Waals surface area (Å²) < 4.78 is 5.95. The van der Waals surface area contributed by atoms with Crippen LogP contribution in [-0.4, -0.2) is 12.9 Å². The van der Waals surface area contributed by atoms with E-state index < -0.39 is 0 Å². The highest BCUT2D eigenvalue weighted by molar-refractivity contribution is 9.10. The molecular formula is C16H15BrO2. The summed E-state index contributed by atoms with van der Waals surface area (Å²) in [5.41, 5.74) is 2.86.